The van der Waals surface area contributed by atoms with E-state index in [4.69, 9.17) is 4.98 Å². The molecule has 2 saturated heterocycles. The summed E-state index contributed by atoms with van der Waals surface area (Å²) >= 11 is 0. The first-order valence-corrected chi connectivity index (χ1v) is 13.1. The predicted octanol–water partition coefficient (Wildman–Crippen LogP) is 3.27. The predicted molar refractivity (Wildman–Crippen MR) is 148 cm³/mol. The van der Waals surface area contributed by atoms with Crippen LogP contribution in [0.4, 0.5) is 16.2 Å². The van der Waals surface area contributed by atoms with Gasteiger partial charge in [-0.05, 0) is 50.2 Å². The first-order valence-electron chi connectivity index (χ1n) is 13.1. The number of aromatic nitrogens is 4. The summed E-state index contributed by atoms with van der Waals surface area (Å²) in [7, 11) is 0. The lowest BCUT2D eigenvalue weighted by molar-refractivity contribution is 0.161. The molecule has 0 radical (unpaired) electrons. The van der Waals surface area contributed by atoms with Gasteiger partial charge < -0.3 is 20.1 Å². The lowest BCUT2D eigenvalue weighted by atomic mass is 10.00. The molecular formula is C28H32N8O2. The molecule has 4 heterocycles. The number of carbonyl (C=O) groups excluding carboxylic acids is 1. The van der Waals surface area contributed by atoms with Gasteiger partial charge in [0.05, 0.1) is 17.8 Å². The quantitative estimate of drug-likeness (QED) is 0.426. The lowest BCUT2D eigenvalue weighted by Gasteiger charge is -2.38. The van der Waals surface area contributed by atoms with E-state index in [-0.39, 0.29) is 17.5 Å². The molecule has 2 aromatic heterocycles. The maximum absolute atomic E-state index is 12.8. The van der Waals surface area contributed by atoms with Crippen LogP contribution in [0.25, 0.3) is 16.7 Å². The zero-order chi connectivity index (χ0) is 26.2. The van der Waals surface area contributed by atoms with Crippen molar-refractivity contribution in [2.45, 2.75) is 25.8 Å². The molecule has 2 amide bonds. The molecule has 10 nitrogen and oxygen atoms in total. The lowest BCUT2D eigenvalue weighted by Crippen LogP contribution is -2.51. The number of anilines is 2. The standard InChI is InChI=1S/C28H32N8O2/c1-19(2)33-12-14-34(15-13-33)22-10-8-21(9-11-22)30-28(38)35-17-20(18-35)25-31-26-24(27(37)32-25)16-29-36(26)23-6-4-3-5-7-23/h3-11,16,19-20H,12-15,17-18H2,1-2H3,(H,30,38)(H,31,32,37). The van der Waals surface area contributed by atoms with Gasteiger partial charge in [-0.2, -0.15) is 5.10 Å². The average molecular weight is 513 g/mol. The Labute approximate surface area is 220 Å². The van der Waals surface area contributed by atoms with Crippen molar-refractivity contribution >= 4 is 28.4 Å². The number of likely N-dealkylation sites (tertiary alicyclic amines) is 1. The number of carbonyl (C=O) groups is 1. The van der Waals surface area contributed by atoms with Crippen LogP contribution in [0.2, 0.25) is 0 Å². The van der Waals surface area contributed by atoms with E-state index in [0.29, 0.717) is 36.0 Å². The number of nitrogens with zero attached hydrogens (tertiary/aromatic N) is 6. The minimum Gasteiger partial charge on any atom is -0.369 e. The van der Waals surface area contributed by atoms with E-state index >= 15 is 0 Å². The summed E-state index contributed by atoms with van der Waals surface area (Å²) in [5.74, 6) is 0.537. The van der Waals surface area contributed by atoms with Crippen molar-refractivity contribution in [2.24, 2.45) is 0 Å². The molecular weight excluding hydrogens is 480 g/mol. The minimum absolute atomic E-state index is 0.0381. The summed E-state index contributed by atoms with van der Waals surface area (Å²) in [6.07, 6.45) is 1.54. The smallest absolute Gasteiger partial charge is 0.321 e. The van der Waals surface area contributed by atoms with Crippen LogP contribution in [0.3, 0.4) is 0 Å². The van der Waals surface area contributed by atoms with Crippen molar-refractivity contribution in [3.05, 3.63) is 77.0 Å². The third-order valence-electron chi connectivity index (χ3n) is 7.54. The first-order chi connectivity index (χ1) is 18.5. The van der Waals surface area contributed by atoms with Gasteiger partial charge in [-0.1, -0.05) is 18.2 Å². The number of piperazine rings is 1. The van der Waals surface area contributed by atoms with Gasteiger partial charge in [-0.25, -0.2) is 14.5 Å². The minimum atomic E-state index is -0.221. The zero-order valence-electron chi connectivity index (χ0n) is 21.7. The Hall–Kier alpha value is -4.18. The maximum atomic E-state index is 12.8. The van der Waals surface area contributed by atoms with Crippen molar-refractivity contribution in [2.75, 3.05) is 49.5 Å². The highest BCUT2D eigenvalue weighted by Gasteiger charge is 2.34. The van der Waals surface area contributed by atoms with Gasteiger partial charge in [0.15, 0.2) is 5.65 Å². The molecule has 0 saturated carbocycles. The van der Waals surface area contributed by atoms with Gasteiger partial charge in [0.1, 0.15) is 11.2 Å². The second kappa shape index (κ2) is 9.94. The highest BCUT2D eigenvalue weighted by molar-refractivity contribution is 5.90. The Balaban J connectivity index is 1.07. The Morgan fingerprint density at radius 2 is 1.68 bits per heavy atom. The number of para-hydroxylation sites is 1. The van der Waals surface area contributed by atoms with Crippen LogP contribution in [-0.4, -0.2) is 80.9 Å². The van der Waals surface area contributed by atoms with Crippen molar-refractivity contribution in [3.63, 3.8) is 0 Å². The fourth-order valence-electron chi connectivity index (χ4n) is 5.16. The number of fused-ring (bicyclic) bond motifs is 1. The van der Waals surface area contributed by atoms with E-state index < -0.39 is 0 Å². The van der Waals surface area contributed by atoms with Gasteiger partial charge in [-0.3, -0.25) is 9.69 Å². The third-order valence-corrected chi connectivity index (χ3v) is 7.54. The number of urea groups is 1. The number of hydrogen-bond acceptors (Lipinski definition) is 6. The fourth-order valence-corrected chi connectivity index (χ4v) is 5.16. The summed E-state index contributed by atoms with van der Waals surface area (Å²) in [6.45, 7) is 9.59. The zero-order valence-corrected chi connectivity index (χ0v) is 21.7. The van der Waals surface area contributed by atoms with Crippen molar-refractivity contribution in [1.82, 2.24) is 29.5 Å². The molecule has 10 heteroatoms. The molecule has 2 N–H and O–H groups in total. The molecule has 196 valence electrons. The number of H-pyrrole nitrogens is 1. The molecule has 0 atom stereocenters. The Morgan fingerprint density at radius 1 is 0.974 bits per heavy atom. The van der Waals surface area contributed by atoms with E-state index in [1.54, 1.807) is 9.58 Å². The Bertz CT molecular complexity index is 1480. The fraction of sp³-hybridized carbons (Fsp3) is 0.357. The molecule has 38 heavy (non-hydrogen) atoms. The molecule has 2 aliphatic heterocycles. The number of amides is 2. The maximum Gasteiger partial charge on any atom is 0.321 e. The number of aromatic amines is 1. The molecule has 2 aliphatic rings. The van der Waals surface area contributed by atoms with Gasteiger partial charge >= 0.3 is 6.03 Å². The normalized spacial score (nSPS) is 16.7. The molecule has 0 spiro atoms. The third kappa shape index (κ3) is 4.63. The summed E-state index contributed by atoms with van der Waals surface area (Å²) < 4.78 is 1.67. The number of benzene rings is 2. The van der Waals surface area contributed by atoms with Crippen LogP contribution in [0.5, 0.6) is 0 Å². The molecule has 0 unspecified atom stereocenters. The van der Waals surface area contributed by atoms with E-state index in [9.17, 15) is 9.59 Å². The number of hydrogen-bond donors (Lipinski definition) is 2. The monoisotopic (exact) mass is 512 g/mol. The van der Waals surface area contributed by atoms with Crippen LogP contribution < -0.4 is 15.8 Å². The van der Waals surface area contributed by atoms with Gasteiger partial charge in [-0.15, -0.1) is 0 Å². The number of nitrogens with one attached hydrogen (secondary N) is 2. The van der Waals surface area contributed by atoms with Crippen molar-refractivity contribution < 1.29 is 4.79 Å². The molecule has 4 aromatic rings. The van der Waals surface area contributed by atoms with Crippen molar-refractivity contribution in [3.8, 4) is 5.69 Å². The van der Waals surface area contributed by atoms with E-state index in [0.717, 1.165) is 37.6 Å². The van der Waals surface area contributed by atoms with Crippen LogP contribution in [0.15, 0.2) is 65.6 Å². The average Bonchev–Trinajstić information content (AvgIpc) is 3.34. The largest absolute Gasteiger partial charge is 0.369 e. The van der Waals surface area contributed by atoms with Gasteiger partial charge in [0.25, 0.3) is 5.56 Å². The summed E-state index contributed by atoms with van der Waals surface area (Å²) in [4.78, 5) is 39.7. The summed E-state index contributed by atoms with van der Waals surface area (Å²) in [5.41, 5.74) is 3.08. The SMILES string of the molecule is CC(C)N1CCN(c2ccc(NC(=O)N3CC(c4nc5c(cnn5-c5ccccc5)c(=O)[nH]4)C3)cc2)CC1. The highest BCUT2D eigenvalue weighted by atomic mass is 16.2. The molecule has 6 rings (SSSR count). The molecule has 0 bridgehead atoms. The first kappa shape index (κ1) is 24.2. The van der Waals surface area contributed by atoms with Crippen LogP contribution in [0.1, 0.15) is 25.6 Å². The van der Waals surface area contributed by atoms with Crippen LogP contribution in [0, 0.1) is 0 Å². The van der Waals surface area contributed by atoms with Crippen LogP contribution in [-0.2, 0) is 0 Å². The molecule has 2 fully saturated rings. The van der Waals surface area contributed by atoms with E-state index in [1.165, 1.54) is 11.9 Å². The van der Waals surface area contributed by atoms with Gasteiger partial charge in [0.2, 0.25) is 0 Å². The van der Waals surface area contributed by atoms with E-state index in [1.807, 2.05) is 42.5 Å². The van der Waals surface area contributed by atoms with E-state index in [2.05, 4.69) is 51.2 Å². The summed E-state index contributed by atoms with van der Waals surface area (Å²) in [5, 5.41) is 7.79. The van der Waals surface area contributed by atoms with Gasteiger partial charge in [0, 0.05) is 56.7 Å². The van der Waals surface area contributed by atoms with Crippen molar-refractivity contribution in [1.29, 1.82) is 0 Å². The summed E-state index contributed by atoms with van der Waals surface area (Å²) in [6, 6.07) is 18.1. The molecule has 2 aromatic carbocycles. The second-order valence-electron chi connectivity index (χ2n) is 10.3. The number of rotatable bonds is 5. The van der Waals surface area contributed by atoms with Crippen LogP contribution >= 0.6 is 0 Å². The second-order valence-corrected chi connectivity index (χ2v) is 10.3. The highest BCUT2D eigenvalue weighted by Crippen LogP contribution is 2.27. The topological polar surface area (TPSA) is 102 Å². The molecule has 0 aliphatic carbocycles. The Morgan fingerprint density at radius 3 is 2.37 bits per heavy atom. The Kier molecular flexibility index (Phi) is 6.32.